The molecule has 39 heavy (non-hydrogen) atoms. The zero-order valence-electron chi connectivity index (χ0n) is 22.5. The first kappa shape index (κ1) is 26.3. The first-order valence-corrected chi connectivity index (χ1v) is 13.5. The summed E-state index contributed by atoms with van der Waals surface area (Å²) in [6, 6.07) is 11.7. The summed E-state index contributed by atoms with van der Waals surface area (Å²) in [6.07, 6.45) is 12.0. The van der Waals surface area contributed by atoms with Crippen LogP contribution in [-0.2, 0) is 17.9 Å². The van der Waals surface area contributed by atoms with E-state index in [0.717, 1.165) is 54.5 Å². The lowest BCUT2D eigenvalue weighted by atomic mass is 10.0. The van der Waals surface area contributed by atoms with Crippen LogP contribution < -0.4 is 4.90 Å². The third kappa shape index (κ3) is 6.08. The monoisotopic (exact) mass is 526 g/mol. The van der Waals surface area contributed by atoms with Gasteiger partial charge in [0.15, 0.2) is 0 Å². The van der Waals surface area contributed by atoms with Crippen LogP contribution in [0.3, 0.4) is 0 Å². The predicted molar refractivity (Wildman–Crippen MR) is 148 cm³/mol. The molecule has 1 aromatic carbocycles. The summed E-state index contributed by atoms with van der Waals surface area (Å²) in [7, 11) is 0. The summed E-state index contributed by atoms with van der Waals surface area (Å²) in [4.78, 5) is 34.8. The van der Waals surface area contributed by atoms with Crippen LogP contribution in [0.25, 0.3) is 11.3 Å². The number of fused-ring (bicyclic) bond motifs is 1. The molecule has 3 aromatic heterocycles. The highest BCUT2D eigenvalue weighted by Gasteiger charge is 2.28. The molecule has 2 amide bonds. The molecule has 5 rings (SSSR count). The SMILES string of the molecule is CC(=O)N1CCCCCCCN(C(=O)c2c(-c3ccncc3)noc2C)Cc2ccc(Cn3cccn3)cc21. The summed E-state index contributed by atoms with van der Waals surface area (Å²) >= 11 is 0. The molecule has 0 saturated carbocycles. The smallest absolute Gasteiger partial charge is 0.260 e. The Kier molecular flexibility index (Phi) is 8.15. The van der Waals surface area contributed by atoms with Gasteiger partial charge in [0.1, 0.15) is 17.0 Å². The third-order valence-corrected chi connectivity index (χ3v) is 7.21. The lowest BCUT2D eigenvalue weighted by Crippen LogP contribution is -2.35. The Labute approximate surface area is 228 Å². The summed E-state index contributed by atoms with van der Waals surface area (Å²) in [5, 5.41) is 8.55. The second-order valence-electron chi connectivity index (χ2n) is 10.0. The Morgan fingerprint density at radius 1 is 0.974 bits per heavy atom. The number of carbonyl (C=O) groups excluding carboxylic acids is 2. The number of benzene rings is 1. The molecule has 0 saturated heterocycles. The number of nitrogens with zero attached hydrogens (tertiary/aromatic N) is 6. The van der Waals surface area contributed by atoms with Gasteiger partial charge in [-0.3, -0.25) is 19.3 Å². The third-order valence-electron chi connectivity index (χ3n) is 7.21. The molecular weight excluding hydrogens is 492 g/mol. The number of aryl methyl sites for hydroxylation is 1. The molecule has 4 heterocycles. The van der Waals surface area contributed by atoms with Crippen LogP contribution in [0.1, 0.15) is 66.3 Å². The number of hydrogen-bond acceptors (Lipinski definition) is 6. The van der Waals surface area contributed by atoms with Crippen LogP contribution in [-0.4, -0.2) is 49.7 Å². The lowest BCUT2D eigenvalue weighted by Gasteiger charge is -2.29. The highest BCUT2D eigenvalue weighted by Crippen LogP contribution is 2.30. The van der Waals surface area contributed by atoms with Crippen molar-refractivity contribution in [3.05, 3.63) is 83.6 Å². The van der Waals surface area contributed by atoms with Crippen LogP contribution >= 0.6 is 0 Å². The van der Waals surface area contributed by atoms with Gasteiger partial charge in [-0.05, 0) is 55.2 Å². The maximum Gasteiger partial charge on any atom is 0.260 e. The summed E-state index contributed by atoms with van der Waals surface area (Å²) in [5.74, 6) is 0.355. The van der Waals surface area contributed by atoms with Crippen molar-refractivity contribution in [2.45, 2.75) is 59.0 Å². The number of hydrogen-bond donors (Lipinski definition) is 0. The number of carbonyl (C=O) groups is 2. The van der Waals surface area contributed by atoms with Gasteiger partial charge in [0.2, 0.25) is 5.91 Å². The first-order valence-electron chi connectivity index (χ1n) is 13.5. The van der Waals surface area contributed by atoms with E-state index in [2.05, 4.69) is 27.4 Å². The van der Waals surface area contributed by atoms with Crippen molar-refractivity contribution < 1.29 is 14.1 Å². The van der Waals surface area contributed by atoms with E-state index in [1.807, 2.05) is 44.9 Å². The van der Waals surface area contributed by atoms with Crippen LogP contribution in [0.15, 0.2) is 65.7 Å². The summed E-state index contributed by atoms with van der Waals surface area (Å²) in [6.45, 7) is 5.62. The highest BCUT2D eigenvalue weighted by atomic mass is 16.5. The number of rotatable bonds is 4. The largest absolute Gasteiger partial charge is 0.360 e. The first-order chi connectivity index (χ1) is 19.0. The van der Waals surface area contributed by atoms with E-state index >= 15 is 0 Å². The zero-order chi connectivity index (χ0) is 27.2. The van der Waals surface area contributed by atoms with E-state index in [4.69, 9.17) is 4.52 Å². The molecule has 0 N–H and O–H groups in total. The molecule has 0 fully saturated rings. The van der Waals surface area contributed by atoms with Crippen molar-refractivity contribution in [3.63, 3.8) is 0 Å². The van der Waals surface area contributed by atoms with Crippen LogP contribution in [0.4, 0.5) is 5.69 Å². The molecule has 0 unspecified atom stereocenters. The number of amides is 2. The van der Waals surface area contributed by atoms with E-state index in [1.54, 1.807) is 32.4 Å². The molecular formula is C30H34N6O3. The topological polar surface area (TPSA) is 97.4 Å². The minimum Gasteiger partial charge on any atom is -0.360 e. The van der Waals surface area contributed by atoms with E-state index in [-0.39, 0.29) is 11.8 Å². The average molecular weight is 527 g/mol. The van der Waals surface area contributed by atoms with Crippen LogP contribution in [0.2, 0.25) is 0 Å². The molecule has 9 heteroatoms. The van der Waals surface area contributed by atoms with Gasteiger partial charge in [-0.1, -0.05) is 36.6 Å². The van der Waals surface area contributed by atoms with Crippen molar-refractivity contribution in [1.82, 2.24) is 24.8 Å². The van der Waals surface area contributed by atoms with E-state index < -0.39 is 0 Å². The Morgan fingerprint density at radius 2 is 1.74 bits per heavy atom. The van der Waals surface area contributed by atoms with E-state index in [9.17, 15) is 9.59 Å². The van der Waals surface area contributed by atoms with Crippen molar-refractivity contribution >= 4 is 17.5 Å². The maximum absolute atomic E-state index is 14.1. The predicted octanol–water partition coefficient (Wildman–Crippen LogP) is 5.25. The number of pyridine rings is 1. The molecule has 202 valence electrons. The highest BCUT2D eigenvalue weighted by molar-refractivity contribution is 6.01. The quantitative estimate of drug-likeness (QED) is 0.360. The van der Waals surface area contributed by atoms with Crippen molar-refractivity contribution in [2.75, 3.05) is 18.0 Å². The standard InChI is InChI=1S/C30H34N6O3/c1-22-28(29(33-39-22)25-11-14-31-15-12-25)30(38)34-16-6-4-3-5-7-18-36(23(2)37)27-19-24(9-10-26(27)21-34)20-35-17-8-13-32-35/h8-15,17,19H,3-7,16,18,20-21H2,1-2H3. The fourth-order valence-corrected chi connectivity index (χ4v) is 5.17. The number of anilines is 1. The van der Waals surface area contributed by atoms with Gasteiger partial charge in [-0.2, -0.15) is 5.10 Å². The fourth-order valence-electron chi connectivity index (χ4n) is 5.17. The normalized spacial score (nSPS) is 14.8. The minimum absolute atomic E-state index is 0.00252. The van der Waals surface area contributed by atoms with Crippen LogP contribution in [0.5, 0.6) is 0 Å². The van der Waals surface area contributed by atoms with Gasteiger partial charge < -0.3 is 14.3 Å². The summed E-state index contributed by atoms with van der Waals surface area (Å²) < 4.78 is 7.37. The molecule has 4 aromatic rings. The zero-order valence-corrected chi connectivity index (χ0v) is 22.5. The second kappa shape index (κ2) is 12.1. The molecule has 9 nitrogen and oxygen atoms in total. The van der Waals surface area contributed by atoms with Gasteiger partial charge in [0, 0.05) is 62.6 Å². The molecule has 0 atom stereocenters. The van der Waals surface area contributed by atoms with Gasteiger partial charge >= 0.3 is 0 Å². The van der Waals surface area contributed by atoms with Gasteiger partial charge in [0.05, 0.1) is 6.54 Å². The lowest BCUT2D eigenvalue weighted by molar-refractivity contribution is -0.116. The Morgan fingerprint density at radius 3 is 2.49 bits per heavy atom. The molecule has 1 aliphatic rings. The Bertz CT molecular complexity index is 1410. The molecule has 0 radical (unpaired) electrons. The van der Waals surface area contributed by atoms with Crippen molar-refractivity contribution in [1.29, 1.82) is 0 Å². The molecule has 0 bridgehead atoms. The minimum atomic E-state index is -0.126. The van der Waals surface area contributed by atoms with Gasteiger partial charge in [-0.15, -0.1) is 0 Å². The van der Waals surface area contributed by atoms with Gasteiger partial charge in [-0.25, -0.2) is 0 Å². The van der Waals surface area contributed by atoms with Gasteiger partial charge in [0.25, 0.3) is 5.91 Å². The van der Waals surface area contributed by atoms with E-state index in [1.165, 1.54) is 0 Å². The number of aromatic nitrogens is 4. The Hall–Kier alpha value is -4.27. The van der Waals surface area contributed by atoms with Crippen LogP contribution in [0, 0.1) is 6.92 Å². The maximum atomic E-state index is 14.1. The van der Waals surface area contributed by atoms with Crippen molar-refractivity contribution in [3.8, 4) is 11.3 Å². The summed E-state index contributed by atoms with van der Waals surface area (Å²) in [5.41, 5.74) is 4.60. The fraction of sp³-hybridized carbons (Fsp3) is 0.367. The molecule has 0 spiro atoms. The Balaban J connectivity index is 1.53. The second-order valence-corrected chi connectivity index (χ2v) is 10.0. The van der Waals surface area contributed by atoms with E-state index in [0.29, 0.717) is 43.2 Å². The van der Waals surface area contributed by atoms with Crippen molar-refractivity contribution in [2.24, 2.45) is 0 Å². The molecule has 0 aliphatic carbocycles. The average Bonchev–Trinajstić information content (AvgIpc) is 3.59. The molecule has 1 aliphatic heterocycles.